The number of aryl methyl sites for hydroxylation is 1. The molecule has 108 valence electrons. The monoisotopic (exact) mass is 271 g/mol. The first-order valence-corrected chi connectivity index (χ1v) is 7.73. The van der Waals surface area contributed by atoms with Gasteiger partial charge >= 0.3 is 0 Å². The Labute approximate surface area is 122 Å². The van der Waals surface area contributed by atoms with Crippen LogP contribution in [0.4, 0.5) is 5.69 Å². The molecule has 0 amide bonds. The van der Waals surface area contributed by atoms with Crippen molar-refractivity contribution in [3.8, 4) is 6.07 Å². The largest absolute Gasteiger partial charge is 0.369 e. The number of hydrogen-bond donors (Lipinski definition) is 1. The molecule has 3 nitrogen and oxygen atoms in total. The summed E-state index contributed by atoms with van der Waals surface area (Å²) in [5.41, 5.74) is 3.11. The Balaban J connectivity index is 2.18. The van der Waals surface area contributed by atoms with Gasteiger partial charge in [0.1, 0.15) is 6.07 Å². The van der Waals surface area contributed by atoms with Crippen molar-refractivity contribution < 1.29 is 0 Å². The van der Waals surface area contributed by atoms with Gasteiger partial charge in [0.2, 0.25) is 0 Å². The first kappa shape index (κ1) is 14.9. The molecule has 0 spiro atoms. The van der Waals surface area contributed by atoms with E-state index in [9.17, 15) is 5.26 Å². The van der Waals surface area contributed by atoms with Gasteiger partial charge in [-0.1, -0.05) is 19.4 Å². The first-order chi connectivity index (χ1) is 9.74. The highest BCUT2D eigenvalue weighted by Gasteiger charge is 2.18. The molecule has 0 aliphatic carbocycles. The predicted octanol–water partition coefficient (Wildman–Crippen LogP) is 3.23. The van der Waals surface area contributed by atoms with Crippen molar-refractivity contribution >= 4 is 5.69 Å². The summed E-state index contributed by atoms with van der Waals surface area (Å²) < 4.78 is 0. The standard InChI is InChI=1S/C17H25N3/c1-3-10-20(13-16-6-4-5-9-19-16)17-11-14(2)7-8-15(17)12-18/h7-8,11,16,19H,3-6,9-10,13H2,1-2H3. The summed E-state index contributed by atoms with van der Waals surface area (Å²) in [6.45, 7) is 7.43. The van der Waals surface area contributed by atoms with E-state index < -0.39 is 0 Å². The molecule has 1 heterocycles. The predicted molar refractivity (Wildman–Crippen MR) is 84.0 cm³/mol. The lowest BCUT2D eigenvalue weighted by molar-refractivity contribution is 0.399. The molecule has 1 N–H and O–H groups in total. The summed E-state index contributed by atoms with van der Waals surface area (Å²) in [5, 5.41) is 12.9. The number of rotatable bonds is 5. The van der Waals surface area contributed by atoms with E-state index in [2.05, 4.69) is 36.2 Å². The Hall–Kier alpha value is -1.53. The fourth-order valence-electron chi connectivity index (χ4n) is 2.92. The number of hydrogen-bond acceptors (Lipinski definition) is 3. The number of benzene rings is 1. The van der Waals surface area contributed by atoms with Crippen molar-refractivity contribution in [2.45, 2.75) is 45.6 Å². The van der Waals surface area contributed by atoms with Crippen LogP contribution in [0.1, 0.15) is 43.7 Å². The second-order valence-electron chi connectivity index (χ2n) is 5.73. The SMILES string of the molecule is CCCN(CC1CCCCN1)c1cc(C)ccc1C#N. The average Bonchev–Trinajstić information content (AvgIpc) is 2.48. The zero-order valence-electron chi connectivity index (χ0n) is 12.7. The van der Waals surface area contributed by atoms with Gasteiger partial charge in [-0.25, -0.2) is 0 Å². The summed E-state index contributed by atoms with van der Waals surface area (Å²) >= 11 is 0. The summed E-state index contributed by atoms with van der Waals surface area (Å²) in [4.78, 5) is 2.38. The van der Waals surface area contributed by atoms with Crippen LogP contribution < -0.4 is 10.2 Å². The summed E-state index contributed by atoms with van der Waals surface area (Å²) in [6, 6.07) is 9.01. The molecule has 1 saturated heterocycles. The Bertz CT molecular complexity index is 470. The van der Waals surface area contributed by atoms with E-state index in [1.54, 1.807) is 0 Å². The van der Waals surface area contributed by atoms with Crippen LogP contribution in [-0.4, -0.2) is 25.7 Å². The fourth-order valence-corrected chi connectivity index (χ4v) is 2.92. The van der Waals surface area contributed by atoms with E-state index in [1.165, 1.54) is 24.8 Å². The van der Waals surface area contributed by atoms with Crippen molar-refractivity contribution in [3.05, 3.63) is 29.3 Å². The molecule has 0 saturated carbocycles. The Morgan fingerprint density at radius 1 is 1.40 bits per heavy atom. The molecule has 1 aromatic carbocycles. The van der Waals surface area contributed by atoms with Crippen LogP contribution in [0.5, 0.6) is 0 Å². The molecule has 1 aliphatic rings. The lowest BCUT2D eigenvalue weighted by Gasteiger charge is -2.32. The van der Waals surface area contributed by atoms with Crippen LogP contribution in [0.15, 0.2) is 18.2 Å². The highest BCUT2D eigenvalue weighted by atomic mass is 15.2. The minimum Gasteiger partial charge on any atom is -0.369 e. The third-order valence-corrected chi connectivity index (χ3v) is 3.96. The van der Waals surface area contributed by atoms with Crippen LogP contribution in [-0.2, 0) is 0 Å². The highest BCUT2D eigenvalue weighted by molar-refractivity contribution is 5.60. The lowest BCUT2D eigenvalue weighted by Crippen LogP contribution is -2.44. The summed E-state index contributed by atoms with van der Waals surface area (Å²) in [7, 11) is 0. The Morgan fingerprint density at radius 2 is 2.25 bits per heavy atom. The van der Waals surface area contributed by atoms with Crippen LogP contribution in [0.25, 0.3) is 0 Å². The molecular formula is C17H25N3. The van der Waals surface area contributed by atoms with E-state index in [-0.39, 0.29) is 0 Å². The van der Waals surface area contributed by atoms with Gasteiger partial charge in [-0.2, -0.15) is 5.26 Å². The molecule has 0 radical (unpaired) electrons. The van der Waals surface area contributed by atoms with Crippen molar-refractivity contribution in [2.24, 2.45) is 0 Å². The van der Waals surface area contributed by atoms with Crippen molar-refractivity contribution in [1.82, 2.24) is 5.32 Å². The smallest absolute Gasteiger partial charge is 0.101 e. The van der Waals surface area contributed by atoms with Gasteiger partial charge in [0.25, 0.3) is 0 Å². The second-order valence-corrected chi connectivity index (χ2v) is 5.73. The zero-order chi connectivity index (χ0) is 14.4. The quantitative estimate of drug-likeness (QED) is 0.893. The Morgan fingerprint density at radius 3 is 2.90 bits per heavy atom. The molecule has 1 atom stereocenters. The van der Waals surface area contributed by atoms with Gasteiger partial charge in [-0.15, -0.1) is 0 Å². The summed E-state index contributed by atoms with van der Waals surface area (Å²) in [5.74, 6) is 0. The van der Waals surface area contributed by atoms with Gasteiger partial charge in [0.15, 0.2) is 0 Å². The van der Waals surface area contributed by atoms with E-state index in [0.29, 0.717) is 6.04 Å². The van der Waals surface area contributed by atoms with Gasteiger partial charge in [-0.05, 0) is 50.4 Å². The van der Waals surface area contributed by atoms with Crippen LogP contribution in [0.3, 0.4) is 0 Å². The van der Waals surface area contributed by atoms with E-state index in [4.69, 9.17) is 0 Å². The maximum atomic E-state index is 9.34. The molecule has 20 heavy (non-hydrogen) atoms. The average molecular weight is 271 g/mol. The molecular weight excluding hydrogens is 246 g/mol. The van der Waals surface area contributed by atoms with Crippen molar-refractivity contribution in [2.75, 3.05) is 24.5 Å². The molecule has 0 bridgehead atoms. The van der Waals surface area contributed by atoms with Crippen molar-refractivity contribution in [1.29, 1.82) is 5.26 Å². The van der Waals surface area contributed by atoms with Gasteiger partial charge in [0.05, 0.1) is 11.3 Å². The topological polar surface area (TPSA) is 39.1 Å². The lowest BCUT2D eigenvalue weighted by atomic mass is 10.0. The maximum absolute atomic E-state index is 9.34. The second kappa shape index (κ2) is 7.31. The van der Waals surface area contributed by atoms with Gasteiger partial charge < -0.3 is 10.2 Å². The number of nitrogens with one attached hydrogen (secondary N) is 1. The van der Waals surface area contributed by atoms with Crippen molar-refractivity contribution in [3.63, 3.8) is 0 Å². The first-order valence-electron chi connectivity index (χ1n) is 7.73. The van der Waals surface area contributed by atoms with E-state index in [1.807, 2.05) is 12.1 Å². The fraction of sp³-hybridized carbons (Fsp3) is 0.588. The molecule has 1 aliphatic heterocycles. The third-order valence-electron chi connectivity index (χ3n) is 3.96. The number of nitrogens with zero attached hydrogens (tertiary/aromatic N) is 2. The molecule has 1 unspecified atom stereocenters. The van der Waals surface area contributed by atoms with Gasteiger partial charge in [0, 0.05) is 19.1 Å². The number of anilines is 1. The minimum absolute atomic E-state index is 0.558. The number of piperidine rings is 1. The third kappa shape index (κ3) is 3.74. The molecule has 2 rings (SSSR count). The van der Waals surface area contributed by atoms with Gasteiger partial charge in [-0.3, -0.25) is 0 Å². The van der Waals surface area contributed by atoms with E-state index >= 15 is 0 Å². The molecule has 3 heteroatoms. The zero-order valence-corrected chi connectivity index (χ0v) is 12.7. The van der Waals surface area contributed by atoms with Crippen LogP contribution >= 0.6 is 0 Å². The molecule has 1 aromatic rings. The molecule has 1 fully saturated rings. The van der Waals surface area contributed by atoms with Crippen LogP contribution in [0, 0.1) is 18.3 Å². The highest BCUT2D eigenvalue weighted by Crippen LogP contribution is 2.23. The normalized spacial score (nSPS) is 18.6. The number of nitriles is 1. The minimum atomic E-state index is 0.558. The van der Waals surface area contributed by atoms with Crippen LogP contribution in [0.2, 0.25) is 0 Å². The summed E-state index contributed by atoms with van der Waals surface area (Å²) in [6.07, 6.45) is 4.95. The Kier molecular flexibility index (Phi) is 5.43. The molecule has 0 aromatic heterocycles. The maximum Gasteiger partial charge on any atom is 0.101 e. The van der Waals surface area contributed by atoms with E-state index in [0.717, 1.165) is 37.3 Å².